The van der Waals surface area contributed by atoms with Crippen LogP contribution in [0.3, 0.4) is 0 Å². The van der Waals surface area contributed by atoms with Crippen molar-refractivity contribution in [2.24, 2.45) is 0 Å². The minimum Gasteiger partial charge on any atom is -0.484 e. The molecule has 0 aromatic heterocycles. The first-order valence-corrected chi connectivity index (χ1v) is 7.79. The summed E-state index contributed by atoms with van der Waals surface area (Å²) in [6, 6.07) is 10.2. The van der Waals surface area contributed by atoms with Crippen molar-refractivity contribution < 1.29 is 9.47 Å². The van der Waals surface area contributed by atoms with Crippen LogP contribution in [0.4, 0.5) is 17.1 Å². The van der Waals surface area contributed by atoms with Gasteiger partial charge < -0.3 is 25.4 Å². The molecule has 122 valence electrons. The fourth-order valence-corrected chi connectivity index (χ4v) is 3.05. The largest absolute Gasteiger partial charge is 0.484 e. The van der Waals surface area contributed by atoms with Crippen LogP contribution in [-0.4, -0.2) is 21.1 Å². The molecule has 5 heteroatoms. The first kappa shape index (κ1) is 15.5. The lowest BCUT2D eigenvalue weighted by atomic mass is 10.0. The first-order chi connectivity index (χ1) is 11.3. The Balaban J connectivity index is 2.03. The SMILES string of the molecule is CNc1c2c(c(NC)c(OCc3ccccc3)c1NC)COC2. The molecular formula is C18H23N3O2. The fraction of sp³-hybridized carbons (Fsp3) is 0.333. The van der Waals surface area contributed by atoms with E-state index in [4.69, 9.17) is 9.47 Å². The van der Waals surface area contributed by atoms with E-state index in [2.05, 4.69) is 28.1 Å². The lowest BCUT2D eigenvalue weighted by Crippen LogP contribution is -2.09. The van der Waals surface area contributed by atoms with Crippen molar-refractivity contribution in [2.45, 2.75) is 19.8 Å². The van der Waals surface area contributed by atoms with Gasteiger partial charge in [0.25, 0.3) is 0 Å². The highest BCUT2D eigenvalue weighted by molar-refractivity contribution is 5.88. The van der Waals surface area contributed by atoms with E-state index in [1.807, 2.05) is 39.3 Å². The van der Waals surface area contributed by atoms with Gasteiger partial charge in [-0.25, -0.2) is 0 Å². The molecule has 0 aliphatic carbocycles. The van der Waals surface area contributed by atoms with Gasteiger partial charge in [-0.15, -0.1) is 0 Å². The highest BCUT2D eigenvalue weighted by Crippen LogP contribution is 2.47. The Bertz CT molecular complexity index is 687. The van der Waals surface area contributed by atoms with Gasteiger partial charge in [0.2, 0.25) is 0 Å². The van der Waals surface area contributed by atoms with Crippen molar-refractivity contribution >= 4 is 17.1 Å². The Morgan fingerprint density at radius 3 is 2.09 bits per heavy atom. The number of nitrogens with one attached hydrogen (secondary N) is 3. The molecule has 0 unspecified atom stereocenters. The van der Waals surface area contributed by atoms with E-state index < -0.39 is 0 Å². The maximum Gasteiger partial charge on any atom is 0.168 e. The number of benzene rings is 2. The quantitative estimate of drug-likeness (QED) is 0.763. The molecule has 0 saturated carbocycles. The van der Waals surface area contributed by atoms with E-state index in [1.54, 1.807) is 0 Å². The topological polar surface area (TPSA) is 54.5 Å². The predicted molar refractivity (Wildman–Crippen MR) is 94.3 cm³/mol. The molecule has 0 radical (unpaired) electrons. The molecule has 0 spiro atoms. The van der Waals surface area contributed by atoms with Crippen LogP contribution in [-0.2, 0) is 24.6 Å². The molecule has 3 N–H and O–H groups in total. The molecule has 0 saturated heterocycles. The number of fused-ring (bicyclic) bond motifs is 1. The highest BCUT2D eigenvalue weighted by atomic mass is 16.5. The number of ether oxygens (including phenoxy) is 2. The van der Waals surface area contributed by atoms with Crippen molar-refractivity contribution in [1.82, 2.24) is 0 Å². The van der Waals surface area contributed by atoms with E-state index in [1.165, 1.54) is 11.1 Å². The third kappa shape index (κ3) is 2.80. The number of hydrogen-bond donors (Lipinski definition) is 3. The Kier molecular flexibility index (Phi) is 4.57. The van der Waals surface area contributed by atoms with E-state index in [9.17, 15) is 0 Å². The third-order valence-corrected chi connectivity index (χ3v) is 4.14. The van der Waals surface area contributed by atoms with Crippen molar-refractivity contribution in [3.63, 3.8) is 0 Å². The minimum absolute atomic E-state index is 0.521. The summed E-state index contributed by atoms with van der Waals surface area (Å²) < 4.78 is 11.8. The maximum atomic E-state index is 6.18. The standard InChI is InChI=1S/C18H23N3O2/c1-19-15-13-10-22-11-14(13)16(20-2)18(17(15)21-3)23-9-12-7-5-4-6-8-12/h4-8,19-21H,9-11H2,1-3H3. The molecule has 23 heavy (non-hydrogen) atoms. The van der Waals surface area contributed by atoms with Crippen molar-refractivity contribution in [3.8, 4) is 5.75 Å². The summed E-state index contributed by atoms with van der Waals surface area (Å²) in [5.74, 6) is 0.826. The van der Waals surface area contributed by atoms with Gasteiger partial charge in [0.1, 0.15) is 12.3 Å². The molecule has 0 fully saturated rings. The molecule has 3 rings (SSSR count). The average molecular weight is 313 g/mol. The van der Waals surface area contributed by atoms with Crippen LogP contribution < -0.4 is 20.7 Å². The van der Waals surface area contributed by atoms with E-state index in [-0.39, 0.29) is 0 Å². The zero-order chi connectivity index (χ0) is 16.2. The number of rotatable bonds is 6. The molecule has 0 bridgehead atoms. The normalized spacial score (nSPS) is 12.7. The second kappa shape index (κ2) is 6.79. The first-order valence-electron chi connectivity index (χ1n) is 7.79. The van der Waals surface area contributed by atoms with E-state index >= 15 is 0 Å². The van der Waals surface area contributed by atoms with Crippen molar-refractivity contribution in [2.75, 3.05) is 37.1 Å². The van der Waals surface area contributed by atoms with Gasteiger partial charge in [-0.1, -0.05) is 30.3 Å². The summed E-state index contributed by atoms with van der Waals surface area (Å²) in [4.78, 5) is 0. The van der Waals surface area contributed by atoms with E-state index in [0.717, 1.165) is 28.4 Å². The van der Waals surface area contributed by atoms with Gasteiger partial charge in [-0.05, 0) is 5.56 Å². The van der Waals surface area contributed by atoms with Crippen LogP contribution in [0.1, 0.15) is 16.7 Å². The molecule has 2 aromatic rings. The number of anilines is 3. The Morgan fingerprint density at radius 2 is 1.48 bits per heavy atom. The average Bonchev–Trinajstić information content (AvgIpc) is 3.08. The lowest BCUT2D eigenvalue weighted by Gasteiger charge is -2.22. The molecule has 0 atom stereocenters. The Labute approximate surface area is 137 Å². The Morgan fingerprint density at radius 1 is 0.870 bits per heavy atom. The molecule has 5 nitrogen and oxygen atoms in total. The van der Waals surface area contributed by atoms with Crippen molar-refractivity contribution in [3.05, 3.63) is 47.0 Å². The molecule has 1 heterocycles. The summed E-state index contributed by atoms with van der Waals surface area (Å²) in [5.41, 5.74) is 6.49. The summed E-state index contributed by atoms with van der Waals surface area (Å²) in [6.45, 7) is 1.74. The maximum absolute atomic E-state index is 6.18. The zero-order valence-corrected chi connectivity index (χ0v) is 13.8. The molecule has 1 aliphatic heterocycles. The summed E-state index contributed by atoms with van der Waals surface area (Å²) in [6.07, 6.45) is 0. The molecular weight excluding hydrogens is 290 g/mol. The van der Waals surface area contributed by atoms with Gasteiger partial charge in [-0.3, -0.25) is 0 Å². The van der Waals surface area contributed by atoms with Gasteiger partial charge in [0, 0.05) is 32.3 Å². The van der Waals surface area contributed by atoms with Crippen LogP contribution in [0.5, 0.6) is 5.75 Å². The summed E-state index contributed by atoms with van der Waals surface area (Å²) >= 11 is 0. The number of hydrogen-bond acceptors (Lipinski definition) is 5. The highest BCUT2D eigenvalue weighted by Gasteiger charge is 2.27. The minimum atomic E-state index is 0.521. The van der Waals surface area contributed by atoms with Crippen LogP contribution in [0.2, 0.25) is 0 Å². The Hall–Kier alpha value is -2.40. The van der Waals surface area contributed by atoms with Gasteiger partial charge in [0.05, 0.1) is 24.6 Å². The smallest absolute Gasteiger partial charge is 0.168 e. The van der Waals surface area contributed by atoms with Crippen LogP contribution in [0, 0.1) is 0 Å². The van der Waals surface area contributed by atoms with Gasteiger partial charge in [0.15, 0.2) is 5.75 Å². The monoisotopic (exact) mass is 313 g/mol. The van der Waals surface area contributed by atoms with Crippen LogP contribution in [0.15, 0.2) is 30.3 Å². The van der Waals surface area contributed by atoms with Gasteiger partial charge in [-0.2, -0.15) is 0 Å². The summed E-state index contributed by atoms with van der Waals surface area (Å²) in [5, 5.41) is 9.84. The van der Waals surface area contributed by atoms with Crippen LogP contribution in [0.25, 0.3) is 0 Å². The fourth-order valence-electron chi connectivity index (χ4n) is 3.05. The zero-order valence-electron chi connectivity index (χ0n) is 13.8. The molecule has 1 aliphatic rings. The lowest BCUT2D eigenvalue weighted by molar-refractivity contribution is 0.135. The van der Waals surface area contributed by atoms with Crippen LogP contribution >= 0.6 is 0 Å². The van der Waals surface area contributed by atoms with Crippen molar-refractivity contribution in [1.29, 1.82) is 0 Å². The molecule has 2 aromatic carbocycles. The predicted octanol–water partition coefficient (Wildman–Crippen LogP) is 3.42. The van der Waals surface area contributed by atoms with E-state index in [0.29, 0.717) is 19.8 Å². The molecule has 0 amide bonds. The second-order valence-electron chi connectivity index (χ2n) is 5.43. The summed E-state index contributed by atoms with van der Waals surface area (Å²) in [7, 11) is 5.75. The second-order valence-corrected chi connectivity index (χ2v) is 5.43. The third-order valence-electron chi connectivity index (χ3n) is 4.14. The van der Waals surface area contributed by atoms with Gasteiger partial charge >= 0.3 is 0 Å².